The van der Waals surface area contributed by atoms with Crippen molar-refractivity contribution in [1.82, 2.24) is 0 Å². The summed E-state index contributed by atoms with van der Waals surface area (Å²) < 4.78 is 32.5. The molecule has 1 rings (SSSR count). The van der Waals surface area contributed by atoms with Crippen LogP contribution >= 0.6 is 0 Å². The van der Waals surface area contributed by atoms with Crippen molar-refractivity contribution in [2.24, 2.45) is 5.41 Å². The highest BCUT2D eigenvalue weighted by Gasteiger charge is 2.37. The first-order valence-electron chi connectivity index (χ1n) is 10.3. The van der Waals surface area contributed by atoms with E-state index in [-0.39, 0.29) is 12.0 Å². The van der Waals surface area contributed by atoms with E-state index in [4.69, 9.17) is 28.4 Å². The van der Waals surface area contributed by atoms with Crippen molar-refractivity contribution in [3.05, 3.63) is 0 Å². The van der Waals surface area contributed by atoms with Crippen LogP contribution in [-0.4, -0.2) is 106 Å². The van der Waals surface area contributed by atoms with Crippen molar-refractivity contribution in [1.29, 1.82) is 0 Å². The van der Waals surface area contributed by atoms with Crippen LogP contribution in [0.25, 0.3) is 0 Å². The summed E-state index contributed by atoms with van der Waals surface area (Å²) >= 11 is 0. The lowest BCUT2D eigenvalue weighted by Gasteiger charge is -2.37. The fourth-order valence-corrected chi connectivity index (χ4v) is 3.06. The molecule has 174 valence electrons. The first kappa shape index (κ1) is 26.7. The molecular weight excluding hydrogens is 384 g/mol. The number of ether oxygens (including phenoxy) is 6. The zero-order chi connectivity index (χ0) is 21.7. The van der Waals surface area contributed by atoms with Gasteiger partial charge in [0.05, 0.1) is 65.1 Å². The van der Waals surface area contributed by atoms with Crippen LogP contribution in [-0.2, 0) is 28.4 Å². The normalized spacial score (nSPS) is 26.6. The Kier molecular flexibility index (Phi) is 13.4. The Morgan fingerprint density at radius 3 is 2.14 bits per heavy atom. The number of methoxy groups -OCH3 is 1. The predicted octanol–water partition coefficient (Wildman–Crippen LogP) is 0.333. The Balaban J connectivity index is 1.95. The second-order valence-electron chi connectivity index (χ2n) is 8.38. The second kappa shape index (κ2) is 14.6. The molecule has 1 aliphatic rings. The van der Waals surface area contributed by atoms with Crippen LogP contribution in [0, 0.1) is 5.41 Å². The minimum absolute atomic E-state index is 0.0801. The molecule has 29 heavy (non-hydrogen) atoms. The van der Waals surface area contributed by atoms with Crippen LogP contribution < -0.4 is 0 Å². The maximum atomic E-state index is 9.94. The summed E-state index contributed by atoms with van der Waals surface area (Å²) in [7, 11) is 1.51. The van der Waals surface area contributed by atoms with Gasteiger partial charge in [0.2, 0.25) is 0 Å². The molecule has 5 atom stereocenters. The fourth-order valence-electron chi connectivity index (χ4n) is 3.06. The van der Waals surface area contributed by atoms with Crippen LogP contribution in [0.1, 0.15) is 33.6 Å². The Bertz CT molecular complexity index is 388. The molecular formula is C20H40O9. The quantitative estimate of drug-likeness (QED) is 0.320. The molecule has 0 aliphatic carbocycles. The van der Waals surface area contributed by atoms with Crippen molar-refractivity contribution in [3.8, 4) is 0 Å². The van der Waals surface area contributed by atoms with Crippen LogP contribution in [0.2, 0.25) is 0 Å². The van der Waals surface area contributed by atoms with E-state index >= 15 is 0 Å². The Labute approximate surface area is 174 Å². The van der Waals surface area contributed by atoms with Gasteiger partial charge in [0, 0.05) is 13.5 Å². The zero-order valence-electron chi connectivity index (χ0n) is 18.2. The average Bonchev–Trinajstić information content (AvgIpc) is 2.65. The van der Waals surface area contributed by atoms with E-state index in [1.54, 1.807) is 0 Å². The summed E-state index contributed by atoms with van der Waals surface area (Å²) in [6, 6.07) is 0. The van der Waals surface area contributed by atoms with E-state index in [0.29, 0.717) is 59.1 Å². The fraction of sp³-hybridized carbons (Fsp3) is 1.00. The van der Waals surface area contributed by atoms with Gasteiger partial charge in [0.25, 0.3) is 0 Å². The summed E-state index contributed by atoms with van der Waals surface area (Å²) in [5.41, 5.74) is 0.0801. The number of rotatable bonds is 15. The largest absolute Gasteiger partial charge is 0.394 e. The molecule has 9 heteroatoms. The van der Waals surface area contributed by atoms with Gasteiger partial charge in [0.1, 0.15) is 12.2 Å². The van der Waals surface area contributed by atoms with Gasteiger partial charge >= 0.3 is 0 Å². The number of aliphatic hydroxyl groups excluding tert-OH is 3. The van der Waals surface area contributed by atoms with Gasteiger partial charge in [-0.2, -0.15) is 0 Å². The summed E-state index contributed by atoms with van der Waals surface area (Å²) in [6.07, 6.45) is -1.94. The zero-order valence-corrected chi connectivity index (χ0v) is 18.2. The van der Waals surface area contributed by atoms with Gasteiger partial charge < -0.3 is 43.7 Å². The lowest BCUT2D eigenvalue weighted by molar-refractivity contribution is -0.262. The van der Waals surface area contributed by atoms with Crippen molar-refractivity contribution >= 4 is 0 Å². The maximum absolute atomic E-state index is 9.94. The number of hydrogen-bond donors (Lipinski definition) is 3. The molecule has 1 aliphatic heterocycles. The van der Waals surface area contributed by atoms with Gasteiger partial charge in [-0.15, -0.1) is 0 Å². The van der Waals surface area contributed by atoms with Gasteiger partial charge in [-0.3, -0.25) is 0 Å². The topological polar surface area (TPSA) is 116 Å². The molecule has 0 aromatic rings. The summed E-state index contributed by atoms with van der Waals surface area (Å²) in [4.78, 5) is 0. The monoisotopic (exact) mass is 424 g/mol. The minimum Gasteiger partial charge on any atom is -0.394 e. The first-order valence-corrected chi connectivity index (χ1v) is 10.3. The maximum Gasteiger partial charge on any atom is 0.160 e. The SMILES string of the molecule is COC1CC(OCCOCCOCCOCC(O)CC(C)(C)C)OC(CO)C1O. The van der Waals surface area contributed by atoms with Crippen molar-refractivity contribution in [3.63, 3.8) is 0 Å². The van der Waals surface area contributed by atoms with Gasteiger partial charge in [-0.1, -0.05) is 20.8 Å². The Morgan fingerprint density at radius 2 is 1.59 bits per heavy atom. The van der Waals surface area contributed by atoms with Gasteiger partial charge in [0.15, 0.2) is 6.29 Å². The van der Waals surface area contributed by atoms with Crippen LogP contribution in [0.15, 0.2) is 0 Å². The molecule has 0 saturated carbocycles. The number of aliphatic hydroxyl groups is 3. The summed E-state index contributed by atoms with van der Waals surface area (Å²) in [5, 5.41) is 29.0. The highest BCUT2D eigenvalue weighted by molar-refractivity contribution is 4.83. The predicted molar refractivity (Wildman–Crippen MR) is 106 cm³/mol. The van der Waals surface area contributed by atoms with Crippen LogP contribution in [0.4, 0.5) is 0 Å². The van der Waals surface area contributed by atoms with E-state index in [1.807, 2.05) is 0 Å². The highest BCUT2D eigenvalue weighted by atomic mass is 16.7. The molecule has 9 nitrogen and oxygen atoms in total. The van der Waals surface area contributed by atoms with E-state index in [2.05, 4.69) is 20.8 Å². The Hall–Kier alpha value is -0.360. The molecule has 0 aromatic heterocycles. The van der Waals surface area contributed by atoms with Crippen LogP contribution in [0.5, 0.6) is 0 Å². The molecule has 1 fully saturated rings. The van der Waals surface area contributed by atoms with Crippen molar-refractivity contribution in [2.75, 3.05) is 60.0 Å². The van der Waals surface area contributed by atoms with E-state index in [0.717, 1.165) is 0 Å². The molecule has 0 radical (unpaired) electrons. The standard InChI is InChI=1S/C20H40O9/c1-20(2,3)12-15(22)14-27-8-7-25-5-6-26-9-10-28-18-11-16(24-4)19(23)17(13-21)29-18/h15-19,21-23H,5-14H2,1-4H3. The highest BCUT2D eigenvalue weighted by Crippen LogP contribution is 2.23. The van der Waals surface area contributed by atoms with Crippen molar-refractivity contribution in [2.45, 2.75) is 64.3 Å². The lowest BCUT2D eigenvalue weighted by atomic mass is 9.89. The molecule has 0 spiro atoms. The van der Waals surface area contributed by atoms with Gasteiger partial charge in [-0.05, 0) is 11.8 Å². The third-order valence-corrected chi connectivity index (χ3v) is 4.43. The van der Waals surface area contributed by atoms with Crippen molar-refractivity contribution < 1.29 is 43.7 Å². The Morgan fingerprint density at radius 1 is 1.00 bits per heavy atom. The van der Waals surface area contributed by atoms with Gasteiger partial charge in [-0.25, -0.2) is 0 Å². The molecule has 3 N–H and O–H groups in total. The van der Waals surface area contributed by atoms with E-state index in [1.165, 1.54) is 7.11 Å². The third-order valence-electron chi connectivity index (χ3n) is 4.43. The third kappa shape index (κ3) is 12.2. The summed E-state index contributed by atoms with van der Waals surface area (Å²) in [6.45, 7) is 8.72. The molecule has 1 saturated heterocycles. The lowest BCUT2D eigenvalue weighted by Crippen LogP contribution is -2.51. The molecule has 0 aromatic carbocycles. The molecule has 1 heterocycles. The second-order valence-corrected chi connectivity index (χ2v) is 8.38. The molecule has 0 amide bonds. The first-order chi connectivity index (χ1) is 13.8. The summed E-state index contributed by atoms with van der Waals surface area (Å²) in [5.74, 6) is 0. The van der Waals surface area contributed by atoms with E-state index < -0.39 is 30.7 Å². The molecule has 0 bridgehead atoms. The smallest absolute Gasteiger partial charge is 0.160 e. The van der Waals surface area contributed by atoms with Crippen LogP contribution in [0.3, 0.4) is 0 Å². The average molecular weight is 425 g/mol. The van der Waals surface area contributed by atoms with E-state index in [9.17, 15) is 15.3 Å². The minimum atomic E-state index is -0.871. The molecule has 5 unspecified atom stereocenters. The number of hydrogen-bond acceptors (Lipinski definition) is 9.